The molecule has 1 aromatic heterocycles. The molecule has 0 unspecified atom stereocenters. The SMILES string of the molecule is CS(=O)(=O)N(CCC(=O)NCc1ccncc1)CCC1=CCCCC1. The normalized spacial score (nSPS) is 15.0. The molecule has 6 nitrogen and oxygen atoms in total. The Bertz CT molecular complexity index is 687. The number of allylic oxidation sites excluding steroid dienone is 1. The Morgan fingerprint density at radius 1 is 1.24 bits per heavy atom. The second-order valence-corrected chi connectivity index (χ2v) is 8.38. The minimum absolute atomic E-state index is 0.151. The van der Waals surface area contributed by atoms with Gasteiger partial charge in [-0.25, -0.2) is 12.7 Å². The molecule has 138 valence electrons. The molecule has 0 bridgehead atoms. The summed E-state index contributed by atoms with van der Waals surface area (Å²) in [4.78, 5) is 15.9. The maximum absolute atomic E-state index is 12.0. The molecular formula is C18H27N3O3S. The van der Waals surface area contributed by atoms with Crippen molar-refractivity contribution in [2.75, 3.05) is 19.3 Å². The van der Waals surface area contributed by atoms with Crippen molar-refractivity contribution >= 4 is 15.9 Å². The van der Waals surface area contributed by atoms with E-state index >= 15 is 0 Å². The van der Waals surface area contributed by atoms with Gasteiger partial charge in [-0.2, -0.15) is 0 Å². The number of nitrogens with zero attached hydrogens (tertiary/aromatic N) is 2. The van der Waals surface area contributed by atoms with Crippen LogP contribution in [0.5, 0.6) is 0 Å². The van der Waals surface area contributed by atoms with Gasteiger partial charge in [0.2, 0.25) is 15.9 Å². The standard InChI is InChI=1S/C18H27N3O3S/c1-25(23,24)21(13-9-16-5-3-2-4-6-16)14-10-18(22)20-15-17-7-11-19-12-8-17/h5,7-8,11-12H,2-4,6,9-10,13-15H2,1H3,(H,20,22). The lowest BCUT2D eigenvalue weighted by molar-refractivity contribution is -0.121. The molecule has 1 heterocycles. The van der Waals surface area contributed by atoms with Gasteiger partial charge < -0.3 is 5.32 Å². The predicted octanol–water partition coefficient (Wildman–Crippen LogP) is 2.24. The molecule has 0 atom stereocenters. The molecule has 2 rings (SSSR count). The molecule has 0 spiro atoms. The number of carbonyl (C=O) groups is 1. The molecule has 0 fully saturated rings. The van der Waals surface area contributed by atoms with Crippen molar-refractivity contribution in [2.24, 2.45) is 0 Å². The van der Waals surface area contributed by atoms with Gasteiger partial charge >= 0.3 is 0 Å². The zero-order chi connectivity index (χ0) is 18.1. The lowest BCUT2D eigenvalue weighted by atomic mass is 9.97. The molecule has 0 aromatic carbocycles. The highest BCUT2D eigenvalue weighted by Gasteiger charge is 2.18. The molecule has 1 aliphatic carbocycles. The molecule has 1 amide bonds. The number of hydrogen-bond acceptors (Lipinski definition) is 4. The summed E-state index contributed by atoms with van der Waals surface area (Å²) in [6.07, 6.45) is 12.2. The highest BCUT2D eigenvalue weighted by molar-refractivity contribution is 7.88. The van der Waals surface area contributed by atoms with E-state index in [-0.39, 0.29) is 18.9 Å². The van der Waals surface area contributed by atoms with E-state index in [1.807, 2.05) is 12.1 Å². The summed E-state index contributed by atoms with van der Waals surface area (Å²) in [5.74, 6) is -0.151. The van der Waals surface area contributed by atoms with E-state index in [2.05, 4.69) is 16.4 Å². The Balaban J connectivity index is 1.78. The van der Waals surface area contributed by atoms with Gasteiger partial charge in [-0.15, -0.1) is 0 Å². The molecule has 0 saturated carbocycles. The molecule has 1 aliphatic rings. The Labute approximate surface area is 150 Å². The van der Waals surface area contributed by atoms with E-state index in [1.54, 1.807) is 12.4 Å². The molecule has 0 radical (unpaired) electrons. The first-order valence-electron chi connectivity index (χ1n) is 8.74. The van der Waals surface area contributed by atoms with Gasteiger partial charge in [0, 0.05) is 38.4 Å². The van der Waals surface area contributed by atoms with Crippen molar-refractivity contribution in [1.29, 1.82) is 0 Å². The van der Waals surface area contributed by atoms with Gasteiger partial charge in [-0.05, 0) is 49.8 Å². The predicted molar refractivity (Wildman–Crippen MR) is 98.3 cm³/mol. The van der Waals surface area contributed by atoms with Crippen LogP contribution in [0.15, 0.2) is 36.2 Å². The fourth-order valence-electron chi connectivity index (χ4n) is 2.86. The fourth-order valence-corrected chi connectivity index (χ4v) is 3.71. The van der Waals surface area contributed by atoms with Crippen molar-refractivity contribution < 1.29 is 13.2 Å². The largest absolute Gasteiger partial charge is 0.352 e. The first kappa shape index (κ1) is 19.6. The Morgan fingerprint density at radius 3 is 2.64 bits per heavy atom. The maximum Gasteiger partial charge on any atom is 0.221 e. The first-order chi connectivity index (χ1) is 11.9. The molecule has 1 N–H and O–H groups in total. The zero-order valence-corrected chi connectivity index (χ0v) is 15.6. The van der Waals surface area contributed by atoms with Gasteiger partial charge in [0.15, 0.2) is 0 Å². The maximum atomic E-state index is 12.0. The van der Waals surface area contributed by atoms with Crippen LogP contribution >= 0.6 is 0 Å². The average Bonchev–Trinajstić information content (AvgIpc) is 2.60. The van der Waals surface area contributed by atoms with Crippen LogP contribution in [0.25, 0.3) is 0 Å². The third-order valence-corrected chi connectivity index (χ3v) is 5.67. The second kappa shape index (κ2) is 9.68. The number of rotatable bonds is 9. The second-order valence-electron chi connectivity index (χ2n) is 6.40. The quantitative estimate of drug-likeness (QED) is 0.681. The highest BCUT2D eigenvalue weighted by Crippen LogP contribution is 2.20. The van der Waals surface area contributed by atoms with E-state index in [0.717, 1.165) is 24.8 Å². The van der Waals surface area contributed by atoms with Crippen molar-refractivity contribution in [3.8, 4) is 0 Å². The lowest BCUT2D eigenvalue weighted by Crippen LogP contribution is -2.35. The van der Waals surface area contributed by atoms with Gasteiger partial charge in [0.1, 0.15) is 0 Å². The van der Waals surface area contributed by atoms with E-state index in [4.69, 9.17) is 0 Å². The molecule has 1 aromatic rings. The smallest absolute Gasteiger partial charge is 0.221 e. The summed E-state index contributed by atoms with van der Waals surface area (Å²) in [6, 6.07) is 3.67. The van der Waals surface area contributed by atoms with Crippen LogP contribution in [0.4, 0.5) is 0 Å². The van der Waals surface area contributed by atoms with E-state index in [0.29, 0.717) is 13.1 Å². The van der Waals surface area contributed by atoms with Crippen LogP contribution in [-0.4, -0.2) is 43.0 Å². The molecule has 0 saturated heterocycles. The zero-order valence-electron chi connectivity index (χ0n) is 14.8. The number of nitrogens with one attached hydrogen (secondary N) is 1. The van der Waals surface area contributed by atoms with Crippen LogP contribution in [-0.2, 0) is 21.4 Å². The topological polar surface area (TPSA) is 79.4 Å². The van der Waals surface area contributed by atoms with Crippen LogP contribution < -0.4 is 5.32 Å². The number of aromatic nitrogens is 1. The van der Waals surface area contributed by atoms with E-state index in [9.17, 15) is 13.2 Å². The van der Waals surface area contributed by atoms with E-state index in [1.165, 1.54) is 29.0 Å². The number of carbonyl (C=O) groups excluding carboxylic acids is 1. The van der Waals surface area contributed by atoms with Crippen molar-refractivity contribution in [1.82, 2.24) is 14.6 Å². The van der Waals surface area contributed by atoms with Crippen molar-refractivity contribution in [2.45, 2.75) is 45.1 Å². The number of hydrogen-bond donors (Lipinski definition) is 1. The van der Waals surface area contributed by atoms with Gasteiger partial charge in [0.25, 0.3) is 0 Å². The number of amides is 1. The molecular weight excluding hydrogens is 338 g/mol. The summed E-state index contributed by atoms with van der Waals surface area (Å²) in [5.41, 5.74) is 2.30. The molecule has 0 aliphatic heterocycles. The fraction of sp³-hybridized carbons (Fsp3) is 0.556. The monoisotopic (exact) mass is 365 g/mol. The molecule has 25 heavy (non-hydrogen) atoms. The number of pyridine rings is 1. The lowest BCUT2D eigenvalue weighted by Gasteiger charge is -2.21. The molecule has 7 heteroatoms. The third kappa shape index (κ3) is 7.36. The number of sulfonamides is 1. The average molecular weight is 365 g/mol. The summed E-state index contributed by atoms with van der Waals surface area (Å²) in [6.45, 7) is 1.09. The van der Waals surface area contributed by atoms with Crippen LogP contribution in [0.3, 0.4) is 0 Å². The Hall–Kier alpha value is -1.73. The van der Waals surface area contributed by atoms with E-state index < -0.39 is 10.0 Å². The third-order valence-electron chi connectivity index (χ3n) is 4.36. The summed E-state index contributed by atoms with van der Waals surface area (Å²) in [5, 5.41) is 2.81. The van der Waals surface area contributed by atoms with Crippen LogP contribution in [0.1, 0.15) is 44.1 Å². The van der Waals surface area contributed by atoms with Gasteiger partial charge in [-0.1, -0.05) is 11.6 Å². The summed E-state index contributed by atoms with van der Waals surface area (Å²) >= 11 is 0. The van der Waals surface area contributed by atoms with Gasteiger partial charge in [0.05, 0.1) is 6.26 Å². The highest BCUT2D eigenvalue weighted by atomic mass is 32.2. The summed E-state index contributed by atoms with van der Waals surface area (Å²) < 4.78 is 25.3. The van der Waals surface area contributed by atoms with Crippen molar-refractivity contribution in [3.63, 3.8) is 0 Å². The minimum atomic E-state index is -3.31. The van der Waals surface area contributed by atoms with Crippen LogP contribution in [0, 0.1) is 0 Å². The Kier molecular flexibility index (Phi) is 7.58. The summed E-state index contributed by atoms with van der Waals surface area (Å²) in [7, 11) is -3.31. The Morgan fingerprint density at radius 2 is 2.00 bits per heavy atom. The minimum Gasteiger partial charge on any atom is -0.352 e. The first-order valence-corrected chi connectivity index (χ1v) is 10.6. The van der Waals surface area contributed by atoms with Crippen molar-refractivity contribution in [3.05, 3.63) is 41.7 Å². The van der Waals surface area contributed by atoms with Crippen LogP contribution in [0.2, 0.25) is 0 Å². The van der Waals surface area contributed by atoms with Gasteiger partial charge in [-0.3, -0.25) is 9.78 Å².